The van der Waals surface area contributed by atoms with Gasteiger partial charge in [-0.2, -0.15) is 0 Å². The summed E-state index contributed by atoms with van der Waals surface area (Å²) >= 11 is 0. The number of hydrogen-bond acceptors (Lipinski definition) is 2. The summed E-state index contributed by atoms with van der Waals surface area (Å²) in [6, 6.07) is 6.78. The second kappa shape index (κ2) is 3.06. The van der Waals surface area contributed by atoms with Gasteiger partial charge in [-0.3, -0.25) is 10.1 Å². The SMILES string of the molecule is C[n+]1ccc2ccc([N+](=O)[O-])cc2c1. The molecule has 0 fully saturated rings. The van der Waals surface area contributed by atoms with Crippen LogP contribution in [0, 0.1) is 10.1 Å². The summed E-state index contributed by atoms with van der Waals surface area (Å²) in [4.78, 5) is 10.1. The van der Waals surface area contributed by atoms with Gasteiger partial charge in [0.15, 0.2) is 12.4 Å². The molecule has 0 aliphatic rings. The van der Waals surface area contributed by atoms with E-state index in [1.165, 1.54) is 6.07 Å². The van der Waals surface area contributed by atoms with E-state index >= 15 is 0 Å². The first-order chi connectivity index (χ1) is 6.66. The summed E-state index contributed by atoms with van der Waals surface area (Å²) in [7, 11) is 1.89. The highest BCUT2D eigenvalue weighted by atomic mass is 16.6. The fourth-order valence-electron chi connectivity index (χ4n) is 1.40. The number of fused-ring (bicyclic) bond motifs is 1. The van der Waals surface area contributed by atoms with Crippen molar-refractivity contribution >= 4 is 16.5 Å². The summed E-state index contributed by atoms with van der Waals surface area (Å²) in [6.07, 6.45) is 3.77. The van der Waals surface area contributed by atoms with Gasteiger partial charge in [0.25, 0.3) is 5.69 Å². The van der Waals surface area contributed by atoms with Gasteiger partial charge in [0.1, 0.15) is 7.05 Å². The molecule has 0 saturated heterocycles. The zero-order chi connectivity index (χ0) is 10.1. The third-order valence-corrected chi connectivity index (χ3v) is 2.11. The normalized spacial score (nSPS) is 10.4. The van der Waals surface area contributed by atoms with Gasteiger partial charge in [0.05, 0.1) is 10.3 Å². The average Bonchev–Trinajstić information content (AvgIpc) is 2.16. The first-order valence-corrected chi connectivity index (χ1v) is 4.20. The van der Waals surface area contributed by atoms with E-state index in [0.717, 1.165) is 10.8 Å². The quantitative estimate of drug-likeness (QED) is 0.388. The molecule has 0 saturated carbocycles. The number of benzene rings is 1. The molecule has 0 aliphatic heterocycles. The molecule has 1 heterocycles. The van der Waals surface area contributed by atoms with Crippen LogP contribution in [0.1, 0.15) is 0 Å². The van der Waals surface area contributed by atoms with Crippen molar-refractivity contribution in [1.29, 1.82) is 0 Å². The number of nitrogens with zero attached hydrogens (tertiary/aromatic N) is 2. The first-order valence-electron chi connectivity index (χ1n) is 4.20. The summed E-state index contributed by atoms with van der Waals surface area (Å²) in [5, 5.41) is 12.4. The largest absolute Gasteiger partial charge is 0.270 e. The van der Waals surface area contributed by atoms with Gasteiger partial charge in [-0.05, 0) is 11.5 Å². The molecule has 2 rings (SSSR count). The third-order valence-electron chi connectivity index (χ3n) is 2.11. The zero-order valence-corrected chi connectivity index (χ0v) is 7.68. The lowest BCUT2D eigenvalue weighted by atomic mass is 10.1. The number of non-ortho nitro benzene ring substituents is 1. The molecule has 4 heteroatoms. The number of rotatable bonds is 1. The summed E-state index contributed by atoms with van der Waals surface area (Å²) in [5.41, 5.74) is 0.128. The Hall–Kier alpha value is -1.97. The van der Waals surface area contributed by atoms with Gasteiger partial charge in [0.2, 0.25) is 0 Å². The zero-order valence-electron chi connectivity index (χ0n) is 7.68. The van der Waals surface area contributed by atoms with Crippen molar-refractivity contribution in [3.63, 3.8) is 0 Å². The van der Waals surface area contributed by atoms with E-state index in [1.54, 1.807) is 12.1 Å². The van der Waals surface area contributed by atoms with E-state index < -0.39 is 0 Å². The Bertz CT molecular complexity index is 508. The molecule has 0 N–H and O–H groups in total. The molecule has 1 aromatic heterocycles. The molecule has 0 bridgehead atoms. The van der Waals surface area contributed by atoms with Crippen LogP contribution in [0.2, 0.25) is 0 Å². The molecule has 0 atom stereocenters. The maximum Gasteiger partial charge on any atom is 0.270 e. The predicted octanol–water partition coefficient (Wildman–Crippen LogP) is 1.57. The molecule has 0 aliphatic carbocycles. The molecule has 0 amide bonds. The summed E-state index contributed by atoms with van der Waals surface area (Å²) in [6.45, 7) is 0. The number of aromatic nitrogens is 1. The minimum atomic E-state index is -0.382. The first kappa shape index (κ1) is 8.62. The van der Waals surface area contributed by atoms with Crippen LogP contribution in [0.25, 0.3) is 10.8 Å². The maximum absolute atomic E-state index is 10.5. The monoisotopic (exact) mass is 189 g/mol. The lowest BCUT2D eigenvalue weighted by Crippen LogP contribution is -2.25. The highest BCUT2D eigenvalue weighted by Gasteiger charge is 2.07. The average molecular weight is 189 g/mol. The lowest BCUT2D eigenvalue weighted by Gasteiger charge is -1.95. The van der Waals surface area contributed by atoms with Gasteiger partial charge in [-0.25, -0.2) is 4.57 Å². The van der Waals surface area contributed by atoms with Crippen molar-refractivity contribution in [3.8, 4) is 0 Å². The van der Waals surface area contributed by atoms with Crippen LogP contribution in [0.3, 0.4) is 0 Å². The Morgan fingerprint density at radius 1 is 1.29 bits per heavy atom. The highest BCUT2D eigenvalue weighted by molar-refractivity contribution is 5.82. The van der Waals surface area contributed by atoms with Gasteiger partial charge in [-0.1, -0.05) is 0 Å². The predicted molar refractivity (Wildman–Crippen MR) is 51.8 cm³/mol. The van der Waals surface area contributed by atoms with Crippen molar-refractivity contribution in [2.75, 3.05) is 0 Å². The minimum absolute atomic E-state index is 0.128. The maximum atomic E-state index is 10.5. The standard InChI is InChI=1S/C10H9N2O2/c1-11-5-4-8-2-3-10(12(13)14)6-9(8)7-11/h2-7H,1H3/q+1. The number of aryl methyl sites for hydroxylation is 1. The van der Waals surface area contributed by atoms with Crippen molar-refractivity contribution < 1.29 is 9.49 Å². The Kier molecular flexibility index (Phi) is 1.89. The van der Waals surface area contributed by atoms with Crippen molar-refractivity contribution in [2.24, 2.45) is 7.05 Å². The summed E-state index contributed by atoms with van der Waals surface area (Å²) < 4.78 is 1.87. The molecular formula is C10H9N2O2+. The molecule has 1 aromatic carbocycles. The van der Waals surface area contributed by atoms with E-state index in [4.69, 9.17) is 0 Å². The number of pyridine rings is 1. The van der Waals surface area contributed by atoms with E-state index in [-0.39, 0.29) is 10.6 Å². The van der Waals surface area contributed by atoms with Gasteiger partial charge in [-0.15, -0.1) is 0 Å². The van der Waals surface area contributed by atoms with Crippen LogP contribution in [0.15, 0.2) is 36.7 Å². The minimum Gasteiger partial charge on any atom is -0.258 e. The van der Waals surface area contributed by atoms with Crippen LogP contribution >= 0.6 is 0 Å². The van der Waals surface area contributed by atoms with E-state index in [2.05, 4.69) is 0 Å². The van der Waals surface area contributed by atoms with Crippen molar-refractivity contribution in [2.45, 2.75) is 0 Å². The Morgan fingerprint density at radius 3 is 2.79 bits per heavy atom. The van der Waals surface area contributed by atoms with Gasteiger partial charge >= 0.3 is 0 Å². The molecular weight excluding hydrogens is 180 g/mol. The Labute approximate surface area is 80.6 Å². The second-order valence-corrected chi connectivity index (χ2v) is 3.18. The molecule has 2 aromatic rings. The van der Waals surface area contributed by atoms with Crippen molar-refractivity contribution in [1.82, 2.24) is 0 Å². The smallest absolute Gasteiger partial charge is 0.258 e. The van der Waals surface area contributed by atoms with Crippen LogP contribution in [-0.2, 0) is 7.05 Å². The van der Waals surface area contributed by atoms with Crippen molar-refractivity contribution in [3.05, 3.63) is 46.8 Å². The molecule has 70 valence electrons. The summed E-state index contributed by atoms with van der Waals surface area (Å²) in [5.74, 6) is 0. The van der Waals surface area contributed by atoms with Gasteiger partial charge in [0, 0.05) is 18.2 Å². The van der Waals surface area contributed by atoms with E-state index in [9.17, 15) is 10.1 Å². The highest BCUT2D eigenvalue weighted by Crippen LogP contribution is 2.18. The van der Waals surface area contributed by atoms with Crippen LogP contribution in [0.4, 0.5) is 5.69 Å². The molecule has 0 unspecified atom stereocenters. The van der Waals surface area contributed by atoms with Crippen LogP contribution in [-0.4, -0.2) is 4.92 Å². The number of hydrogen-bond donors (Lipinski definition) is 0. The molecule has 14 heavy (non-hydrogen) atoms. The number of nitro benzene ring substituents is 1. The van der Waals surface area contributed by atoms with Crippen LogP contribution < -0.4 is 4.57 Å². The van der Waals surface area contributed by atoms with Gasteiger partial charge < -0.3 is 0 Å². The Morgan fingerprint density at radius 2 is 2.07 bits per heavy atom. The number of nitro groups is 1. The van der Waals surface area contributed by atoms with E-state index in [1.807, 2.05) is 30.1 Å². The Balaban J connectivity index is 2.69. The lowest BCUT2D eigenvalue weighted by molar-refractivity contribution is -0.670. The van der Waals surface area contributed by atoms with Crippen LogP contribution in [0.5, 0.6) is 0 Å². The third kappa shape index (κ3) is 1.42. The second-order valence-electron chi connectivity index (χ2n) is 3.18. The van der Waals surface area contributed by atoms with E-state index in [0.29, 0.717) is 0 Å². The molecule has 4 nitrogen and oxygen atoms in total. The topological polar surface area (TPSA) is 47.0 Å². The fraction of sp³-hybridized carbons (Fsp3) is 0.100. The molecule has 0 spiro atoms. The molecule has 0 radical (unpaired) electrons. The fourth-order valence-corrected chi connectivity index (χ4v) is 1.40.